The SMILES string of the molecule is N=C(N)Cc1cc(C(F)(F)F)ccc1Cl. The highest BCUT2D eigenvalue weighted by molar-refractivity contribution is 6.31. The Balaban J connectivity index is 3.11. The van der Waals surface area contributed by atoms with Crippen molar-refractivity contribution in [3.63, 3.8) is 0 Å². The summed E-state index contributed by atoms with van der Waals surface area (Å²) in [6.45, 7) is 0. The second kappa shape index (κ2) is 4.10. The van der Waals surface area contributed by atoms with Gasteiger partial charge in [-0.3, -0.25) is 5.41 Å². The normalized spacial score (nSPS) is 11.5. The quantitative estimate of drug-likeness (QED) is 0.602. The molecule has 0 saturated carbocycles. The minimum Gasteiger partial charge on any atom is -0.387 e. The molecule has 0 spiro atoms. The van der Waals surface area contributed by atoms with E-state index < -0.39 is 11.7 Å². The smallest absolute Gasteiger partial charge is 0.387 e. The van der Waals surface area contributed by atoms with Crippen molar-refractivity contribution in [1.82, 2.24) is 0 Å². The molecule has 0 heterocycles. The van der Waals surface area contributed by atoms with Crippen LogP contribution in [0.2, 0.25) is 5.02 Å². The molecule has 0 saturated heterocycles. The molecule has 1 aromatic carbocycles. The molecule has 0 unspecified atom stereocenters. The minimum absolute atomic E-state index is 0.0806. The molecule has 0 radical (unpaired) electrons. The number of benzene rings is 1. The monoisotopic (exact) mass is 236 g/mol. The van der Waals surface area contributed by atoms with Crippen molar-refractivity contribution >= 4 is 17.4 Å². The first-order chi connectivity index (χ1) is 6.80. The second-order valence-corrected chi connectivity index (χ2v) is 3.41. The maximum absolute atomic E-state index is 12.3. The van der Waals surface area contributed by atoms with E-state index in [1.165, 1.54) is 0 Å². The van der Waals surface area contributed by atoms with Gasteiger partial charge in [0.05, 0.1) is 11.4 Å². The van der Waals surface area contributed by atoms with Crippen LogP contribution < -0.4 is 5.73 Å². The van der Waals surface area contributed by atoms with Gasteiger partial charge in [-0.25, -0.2) is 0 Å². The zero-order chi connectivity index (χ0) is 11.6. The highest BCUT2D eigenvalue weighted by Gasteiger charge is 2.30. The van der Waals surface area contributed by atoms with Crippen molar-refractivity contribution in [3.05, 3.63) is 34.3 Å². The summed E-state index contributed by atoms with van der Waals surface area (Å²) < 4.78 is 36.9. The van der Waals surface area contributed by atoms with E-state index in [0.717, 1.165) is 18.2 Å². The van der Waals surface area contributed by atoms with Crippen LogP contribution >= 0.6 is 11.6 Å². The lowest BCUT2D eigenvalue weighted by Crippen LogP contribution is -2.14. The van der Waals surface area contributed by atoms with E-state index in [2.05, 4.69) is 0 Å². The third kappa shape index (κ3) is 3.13. The van der Waals surface area contributed by atoms with Gasteiger partial charge in [-0.15, -0.1) is 0 Å². The van der Waals surface area contributed by atoms with Crippen LogP contribution in [-0.2, 0) is 12.6 Å². The highest BCUT2D eigenvalue weighted by Crippen LogP contribution is 2.31. The van der Waals surface area contributed by atoms with Gasteiger partial charge in [0.2, 0.25) is 0 Å². The predicted molar refractivity (Wildman–Crippen MR) is 52.1 cm³/mol. The van der Waals surface area contributed by atoms with Crippen LogP contribution in [0.3, 0.4) is 0 Å². The van der Waals surface area contributed by atoms with E-state index in [4.69, 9.17) is 22.7 Å². The fourth-order valence-corrected chi connectivity index (χ4v) is 1.28. The Bertz CT molecular complexity index is 387. The summed E-state index contributed by atoms with van der Waals surface area (Å²) in [6.07, 6.45) is -4.49. The van der Waals surface area contributed by atoms with Gasteiger partial charge in [-0.05, 0) is 23.8 Å². The Morgan fingerprint density at radius 1 is 1.40 bits per heavy atom. The number of halogens is 4. The number of alkyl halides is 3. The van der Waals surface area contributed by atoms with Gasteiger partial charge in [-0.2, -0.15) is 13.2 Å². The Labute approximate surface area is 89.4 Å². The molecule has 0 aliphatic rings. The predicted octanol–water partition coefficient (Wildman–Crippen LogP) is 2.84. The van der Waals surface area contributed by atoms with Gasteiger partial charge >= 0.3 is 6.18 Å². The number of hydrogen-bond acceptors (Lipinski definition) is 1. The van der Waals surface area contributed by atoms with Crippen LogP contribution in [0.25, 0.3) is 0 Å². The molecule has 0 amide bonds. The molecule has 0 atom stereocenters. The van der Waals surface area contributed by atoms with E-state index >= 15 is 0 Å². The lowest BCUT2D eigenvalue weighted by atomic mass is 10.1. The summed E-state index contributed by atoms with van der Waals surface area (Å²) >= 11 is 5.67. The van der Waals surface area contributed by atoms with Crippen LogP contribution in [0.15, 0.2) is 18.2 Å². The first-order valence-corrected chi connectivity index (χ1v) is 4.37. The molecule has 82 valence electrons. The Morgan fingerprint density at radius 2 is 2.00 bits per heavy atom. The number of amidine groups is 1. The Hall–Kier alpha value is -1.23. The fraction of sp³-hybridized carbons (Fsp3) is 0.222. The van der Waals surface area contributed by atoms with Crippen LogP contribution in [0.1, 0.15) is 11.1 Å². The van der Waals surface area contributed by atoms with Crippen molar-refractivity contribution in [2.75, 3.05) is 0 Å². The third-order valence-electron chi connectivity index (χ3n) is 1.75. The molecule has 6 heteroatoms. The molecular weight excluding hydrogens is 229 g/mol. The van der Waals surface area contributed by atoms with Crippen molar-refractivity contribution in [1.29, 1.82) is 5.41 Å². The minimum atomic E-state index is -4.41. The van der Waals surface area contributed by atoms with Crippen molar-refractivity contribution in [2.45, 2.75) is 12.6 Å². The largest absolute Gasteiger partial charge is 0.416 e. The summed E-state index contributed by atoms with van der Waals surface area (Å²) in [5, 5.41) is 7.17. The van der Waals surface area contributed by atoms with E-state index in [-0.39, 0.29) is 22.8 Å². The summed E-state index contributed by atoms with van der Waals surface area (Å²) in [6, 6.07) is 2.96. The van der Waals surface area contributed by atoms with Crippen molar-refractivity contribution in [3.8, 4) is 0 Å². The van der Waals surface area contributed by atoms with Gasteiger partial charge in [-0.1, -0.05) is 11.6 Å². The van der Waals surface area contributed by atoms with E-state index in [0.29, 0.717) is 0 Å². The molecule has 0 bridgehead atoms. The molecule has 0 aromatic heterocycles. The van der Waals surface area contributed by atoms with Crippen LogP contribution in [0, 0.1) is 5.41 Å². The fourth-order valence-electron chi connectivity index (χ4n) is 1.09. The first-order valence-electron chi connectivity index (χ1n) is 3.99. The standard InChI is InChI=1S/C9H8ClF3N2/c10-7-2-1-6(9(11,12)13)3-5(7)4-8(14)15/h1-3H,4H2,(H3,14,15). The maximum atomic E-state index is 12.3. The third-order valence-corrected chi connectivity index (χ3v) is 2.12. The highest BCUT2D eigenvalue weighted by atomic mass is 35.5. The van der Waals surface area contributed by atoms with Gasteiger partial charge < -0.3 is 5.73 Å². The molecule has 15 heavy (non-hydrogen) atoms. The lowest BCUT2D eigenvalue weighted by molar-refractivity contribution is -0.137. The van der Waals surface area contributed by atoms with Crippen LogP contribution in [0.4, 0.5) is 13.2 Å². The van der Waals surface area contributed by atoms with Gasteiger partial charge in [0.25, 0.3) is 0 Å². The Kier molecular flexibility index (Phi) is 3.24. The molecule has 0 aliphatic carbocycles. The van der Waals surface area contributed by atoms with Crippen LogP contribution in [0.5, 0.6) is 0 Å². The molecule has 3 N–H and O–H groups in total. The summed E-state index contributed by atoms with van der Waals surface area (Å²) in [5.74, 6) is -0.226. The number of nitrogens with two attached hydrogens (primary N) is 1. The summed E-state index contributed by atoms with van der Waals surface area (Å²) in [4.78, 5) is 0. The number of hydrogen-bond donors (Lipinski definition) is 2. The molecule has 1 aromatic rings. The average Bonchev–Trinajstić information content (AvgIpc) is 2.06. The van der Waals surface area contributed by atoms with Gasteiger partial charge in [0.15, 0.2) is 0 Å². The average molecular weight is 237 g/mol. The first kappa shape index (κ1) is 11.8. The number of rotatable bonds is 2. The van der Waals surface area contributed by atoms with E-state index in [1.807, 2.05) is 0 Å². The van der Waals surface area contributed by atoms with Gasteiger partial charge in [0.1, 0.15) is 0 Å². The van der Waals surface area contributed by atoms with Crippen molar-refractivity contribution < 1.29 is 13.2 Å². The molecule has 2 nitrogen and oxygen atoms in total. The summed E-state index contributed by atoms with van der Waals surface area (Å²) in [5.41, 5.74) is 4.51. The summed E-state index contributed by atoms with van der Waals surface area (Å²) in [7, 11) is 0. The zero-order valence-corrected chi connectivity index (χ0v) is 8.28. The van der Waals surface area contributed by atoms with E-state index in [1.54, 1.807) is 0 Å². The molecule has 0 fully saturated rings. The zero-order valence-electron chi connectivity index (χ0n) is 7.53. The van der Waals surface area contributed by atoms with Crippen LogP contribution in [-0.4, -0.2) is 5.84 Å². The molecule has 1 rings (SSSR count). The topological polar surface area (TPSA) is 49.9 Å². The van der Waals surface area contributed by atoms with Gasteiger partial charge in [0, 0.05) is 11.4 Å². The maximum Gasteiger partial charge on any atom is 0.416 e. The number of nitrogens with one attached hydrogen (secondary N) is 1. The lowest BCUT2D eigenvalue weighted by Gasteiger charge is -2.09. The Morgan fingerprint density at radius 3 is 2.47 bits per heavy atom. The second-order valence-electron chi connectivity index (χ2n) is 3.01. The molecule has 0 aliphatic heterocycles. The van der Waals surface area contributed by atoms with Crippen molar-refractivity contribution in [2.24, 2.45) is 5.73 Å². The molecular formula is C9H8ClF3N2. The van der Waals surface area contributed by atoms with E-state index in [9.17, 15) is 13.2 Å².